The summed E-state index contributed by atoms with van der Waals surface area (Å²) in [7, 11) is 0. The molecule has 2 aliphatic rings. The molecule has 0 bridgehead atoms. The summed E-state index contributed by atoms with van der Waals surface area (Å²) in [5.74, 6) is 1.81. The van der Waals surface area contributed by atoms with Gasteiger partial charge in [0.25, 0.3) is 0 Å². The minimum absolute atomic E-state index is 0.0641. The van der Waals surface area contributed by atoms with Crippen LogP contribution in [-0.4, -0.2) is 46.1 Å². The monoisotopic (exact) mass is 413 g/mol. The molecule has 1 aliphatic carbocycles. The Morgan fingerprint density at radius 3 is 2.62 bits per heavy atom. The van der Waals surface area contributed by atoms with Crippen LogP contribution in [0.2, 0.25) is 0 Å². The molecule has 2 aromatic rings. The van der Waals surface area contributed by atoms with Crippen LogP contribution in [0.5, 0.6) is 0 Å². The summed E-state index contributed by atoms with van der Waals surface area (Å²) < 4.78 is 2.28. The summed E-state index contributed by atoms with van der Waals surface area (Å²) in [5, 5.41) is 12.9. The van der Waals surface area contributed by atoms with Crippen molar-refractivity contribution >= 4 is 23.6 Å². The van der Waals surface area contributed by atoms with Gasteiger partial charge in [-0.3, -0.25) is 9.36 Å². The molecule has 7 heteroatoms. The summed E-state index contributed by atoms with van der Waals surface area (Å²) in [6.45, 7) is 4.97. The van der Waals surface area contributed by atoms with Crippen molar-refractivity contribution in [3.05, 3.63) is 35.9 Å². The second-order valence-corrected chi connectivity index (χ2v) is 8.98. The molecule has 1 aromatic carbocycles. The van der Waals surface area contributed by atoms with Gasteiger partial charge in [0.05, 0.1) is 5.75 Å². The Hall–Kier alpha value is -2.02. The molecule has 1 aliphatic heterocycles. The highest BCUT2D eigenvalue weighted by Gasteiger charge is 2.32. The molecule has 29 heavy (non-hydrogen) atoms. The molecule has 1 saturated carbocycles. The molecule has 0 spiro atoms. The summed E-state index contributed by atoms with van der Waals surface area (Å²) in [6, 6.07) is 10.9. The Morgan fingerprint density at radius 2 is 1.93 bits per heavy atom. The Bertz CT molecular complexity index is 799. The number of hydrogen-bond donors (Lipinski definition) is 1. The number of carbonyl (C=O) groups excluding carboxylic acids is 1. The third-order valence-electron chi connectivity index (χ3n) is 5.84. The number of carbonyl (C=O) groups is 1. The largest absolute Gasteiger partial charge is 0.355 e. The zero-order valence-electron chi connectivity index (χ0n) is 17.2. The summed E-state index contributed by atoms with van der Waals surface area (Å²) in [4.78, 5) is 14.8. The van der Waals surface area contributed by atoms with E-state index in [2.05, 4.69) is 56.2 Å². The summed E-state index contributed by atoms with van der Waals surface area (Å²) in [6.07, 6.45) is 7.14. The van der Waals surface area contributed by atoms with Crippen molar-refractivity contribution in [1.82, 2.24) is 20.1 Å². The average Bonchev–Trinajstić information content (AvgIpc) is 3.53. The van der Waals surface area contributed by atoms with Crippen molar-refractivity contribution in [1.29, 1.82) is 0 Å². The van der Waals surface area contributed by atoms with Crippen LogP contribution in [0.3, 0.4) is 0 Å². The van der Waals surface area contributed by atoms with Crippen LogP contribution in [0, 0.1) is 0 Å². The van der Waals surface area contributed by atoms with Crippen LogP contribution in [0.4, 0.5) is 5.95 Å². The molecule has 2 heterocycles. The van der Waals surface area contributed by atoms with Crippen molar-refractivity contribution in [2.24, 2.45) is 0 Å². The zero-order valence-corrected chi connectivity index (χ0v) is 18.0. The topological polar surface area (TPSA) is 63.1 Å². The first kappa shape index (κ1) is 20.3. The van der Waals surface area contributed by atoms with E-state index in [4.69, 9.17) is 0 Å². The lowest BCUT2D eigenvalue weighted by Gasteiger charge is -2.27. The van der Waals surface area contributed by atoms with Gasteiger partial charge in [0, 0.05) is 31.6 Å². The molecule has 2 fully saturated rings. The average molecular weight is 414 g/mol. The number of aromatic nitrogens is 3. The molecule has 4 rings (SSSR count). The number of piperidine rings is 1. The Morgan fingerprint density at radius 1 is 1.17 bits per heavy atom. The standard InChI is InChI=1S/C22H31N5OS/c1-2-17(18-9-5-3-6-10-18)15-23-20(28)16-29-22-25-24-21(27(22)19-11-12-19)26-13-7-4-8-14-26/h3,5-6,9-10,17,19H,2,4,7-8,11-16H2,1H3,(H,23,28). The number of amides is 1. The lowest BCUT2D eigenvalue weighted by atomic mass is 9.96. The number of rotatable bonds is 9. The van der Waals surface area contributed by atoms with Crippen LogP contribution < -0.4 is 10.2 Å². The van der Waals surface area contributed by atoms with Gasteiger partial charge in [-0.1, -0.05) is 49.0 Å². The van der Waals surface area contributed by atoms with Gasteiger partial charge in [-0.05, 0) is 44.1 Å². The number of hydrogen-bond acceptors (Lipinski definition) is 5. The van der Waals surface area contributed by atoms with Gasteiger partial charge in [0.2, 0.25) is 11.9 Å². The van der Waals surface area contributed by atoms with Crippen LogP contribution >= 0.6 is 11.8 Å². The maximum absolute atomic E-state index is 12.5. The number of nitrogens with one attached hydrogen (secondary N) is 1. The maximum atomic E-state index is 12.5. The molecule has 1 saturated heterocycles. The highest BCUT2D eigenvalue weighted by Crippen LogP contribution is 2.41. The molecule has 1 unspecified atom stereocenters. The molecule has 1 atom stereocenters. The van der Waals surface area contributed by atoms with Gasteiger partial charge in [0.15, 0.2) is 5.16 Å². The van der Waals surface area contributed by atoms with Gasteiger partial charge in [0.1, 0.15) is 0 Å². The third kappa shape index (κ3) is 5.13. The van der Waals surface area contributed by atoms with E-state index in [0.717, 1.165) is 30.6 Å². The summed E-state index contributed by atoms with van der Waals surface area (Å²) >= 11 is 1.51. The number of thioether (sulfide) groups is 1. The van der Waals surface area contributed by atoms with Crippen LogP contribution in [-0.2, 0) is 4.79 Å². The fraction of sp³-hybridized carbons (Fsp3) is 0.591. The third-order valence-corrected chi connectivity index (χ3v) is 6.78. The molecule has 1 N–H and O–H groups in total. The van der Waals surface area contributed by atoms with Gasteiger partial charge < -0.3 is 10.2 Å². The SMILES string of the molecule is CCC(CNC(=O)CSc1nnc(N2CCCCC2)n1C1CC1)c1ccccc1. The predicted molar refractivity (Wildman–Crippen MR) is 118 cm³/mol. The minimum Gasteiger partial charge on any atom is -0.355 e. The number of nitrogens with zero attached hydrogens (tertiary/aromatic N) is 4. The molecular formula is C22H31N5OS. The summed E-state index contributed by atoms with van der Waals surface area (Å²) in [5.41, 5.74) is 1.28. The Balaban J connectivity index is 1.33. The van der Waals surface area contributed by atoms with E-state index in [9.17, 15) is 4.79 Å². The van der Waals surface area contributed by atoms with E-state index in [1.807, 2.05) is 6.07 Å². The van der Waals surface area contributed by atoms with E-state index in [1.54, 1.807) is 0 Å². The quantitative estimate of drug-likeness (QED) is 0.630. The Labute approximate surface area is 177 Å². The highest BCUT2D eigenvalue weighted by atomic mass is 32.2. The van der Waals surface area contributed by atoms with Crippen LogP contribution in [0.15, 0.2) is 35.5 Å². The fourth-order valence-corrected chi connectivity index (χ4v) is 4.80. The van der Waals surface area contributed by atoms with Crippen molar-refractivity contribution < 1.29 is 4.79 Å². The van der Waals surface area contributed by atoms with Crippen molar-refractivity contribution in [3.8, 4) is 0 Å². The molecule has 156 valence electrons. The first-order chi connectivity index (χ1) is 14.3. The lowest BCUT2D eigenvalue weighted by molar-refractivity contribution is -0.118. The van der Waals surface area contributed by atoms with E-state index >= 15 is 0 Å². The predicted octanol–water partition coefficient (Wildman–Crippen LogP) is 4.01. The van der Waals surface area contributed by atoms with Gasteiger partial charge >= 0.3 is 0 Å². The van der Waals surface area contributed by atoms with Crippen LogP contribution in [0.1, 0.15) is 63.0 Å². The van der Waals surface area contributed by atoms with E-state index < -0.39 is 0 Å². The zero-order chi connectivity index (χ0) is 20.1. The van der Waals surface area contributed by atoms with E-state index in [0.29, 0.717) is 24.3 Å². The molecule has 1 amide bonds. The van der Waals surface area contributed by atoms with Gasteiger partial charge in [-0.2, -0.15) is 0 Å². The highest BCUT2D eigenvalue weighted by molar-refractivity contribution is 7.99. The van der Waals surface area contributed by atoms with Gasteiger partial charge in [-0.15, -0.1) is 10.2 Å². The molecular weight excluding hydrogens is 382 g/mol. The maximum Gasteiger partial charge on any atom is 0.230 e. The van der Waals surface area contributed by atoms with Crippen LogP contribution in [0.25, 0.3) is 0 Å². The normalized spacial score (nSPS) is 17.9. The van der Waals surface area contributed by atoms with Gasteiger partial charge in [-0.25, -0.2) is 0 Å². The molecule has 6 nitrogen and oxygen atoms in total. The second-order valence-electron chi connectivity index (χ2n) is 8.04. The van der Waals surface area contributed by atoms with E-state index in [-0.39, 0.29) is 5.91 Å². The second kappa shape index (κ2) is 9.65. The lowest BCUT2D eigenvalue weighted by Crippen LogP contribution is -2.32. The van der Waals surface area contributed by atoms with Crippen molar-refractivity contribution in [2.45, 2.75) is 62.6 Å². The number of benzene rings is 1. The smallest absolute Gasteiger partial charge is 0.230 e. The number of anilines is 1. The fourth-order valence-electron chi connectivity index (χ4n) is 3.97. The van der Waals surface area contributed by atoms with Crippen molar-refractivity contribution in [3.63, 3.8) is 0 Å². The first-order valence-electron chi connectivity index (χ1n) is 10.9. The van der Waals surface area contributed by atoms with E-state index in [1.165, 1.54) is 49.4 Å². The Kier molecular flexibility index (Phi) is 6.74. The molecule has 1 aromatic heterocycles. The molecule has 0 radical (unpaired) electrons. The minimum atomic E-state index is 0.0641. The van der Waals surface area contributed by atoms with Crippen molar-refractivity contribution in [2.75, 3.05) is 30.3 Å². The first-order valence-corrected chi connectivity index (χ1v) is 11.9.